The molecule has 2 N–H and O–H groups in total. The van der Waals surface area contributed by atoms with E-state index in [4.69, 9.17) is 11.6 Å². The number of rotatable bonds is 8. The number of halogens is 3. The third-order valence-corrected chi connectivity index (χ3v) is 9.67. The summed E-state index contributed by atoms with van der Waals surface area (Å²) < 4.78 is 59.1. The predicted molar refractivity (Wildman–Crippen MR) is 162 cm³/mol. The number of aryl methyl sites for hydroxylation is 2. The van der Waals surface area contributed by atoms with Crippen LogP contribution in [0.3, 0.4) is 0 Å². The van der Waals surface area contributed by atoms with Crippen LogP contribution < -0.4 is 10.0 Å². The van der Waals surface area contributed by atoms with Gasteiger partial charge in [-0.2, -0.15) is 0 Å². The van der Waals surface area contributed by atoms with E-state index in [1.54, 1.807) is 25.3 Å². The third-order valence-electron chi connectivity index (χ3n) is 7.83. The fourth-order valence-electron chi connectivity index (χ4n) is 5.50. The Morgan fingerprint density at radius 3 is 2.43 bits per heavy atom. The van der Waals surface area contributed by atoms with E-state index in [1.165, 1.54) is 18.2 Å². The zero-order chi connectivity index (χ0) is 30.2. The Labute approximate surface area is 249 Å². The number of hydrogen-bond donors (Lipinski definition) is 2. The van der Waals surface area contributed by atoms with Gasteiger partial charge in [0.2, 0.25) is 5.95 Å². The zero-order valence-electron chi connectivity index (χ0n) is 23.9. The molecule has 42 heavy (non-hydrogen) atoms. The Kier molecular flexibility index (Phi) is 8.63. The summed E-state index contributed by atoms with van der Waals surface area (Å²) in [6.07, 6.45) is 6.16. The number of pyridine rings is 1. The average molecular weight is 615 g/mol. The predicted octanol–water partition coefficient (Wildman–Crippen LogP) is 6.58. The Morgan fingerprint density at radius 2 is 1.76 bits per heavy atom. The van der Waals surface area contributed by atoms with Crippen LogP contribution in [0, 0.1) is 18.6 Å². The van der Waals surface area contributed by atoms with Crippen LogP contribution in [0.2, 0.25) is 5.02 Å². The summed E-state index contributed by atoms with van der Waals surface area (Å²) in [7, 11) is -0.0108. The van der Waals surface area contributed by atoms with Gasteiger partial charge in [-0.3, -0.25) is 4.72 Å². The lowest BCUT2D eigenvalue weighted by atomic mass is 9.90. The maximum Gasteiger partial charge on any atom is 0.264 e. The summed E-state index contributed by atoms with van der Waals surface area (Å²) in [6.45, 7) is 3.39. The molecule has 1 aliphatic rings. The number of nitrogens with zero attached hydrogens (tertiary/aromatic N) is 4. The number of nitrogens with one attached hydrogen (secondary N) is 2. The first-order chi connectivity index (χ1) is 20.0. The maximum absolute atomic E-state index is 16.0. The van der Waals surface area contributed by atoms with E-state index in [-0.39, 0.29) is 32.8 Å². The molecule has 0 bridgehead atoms. The maximum atomic E-state index is 16.0. The molecule has 0 saturated heterocycles. The standard InChI is InChI=1S/C30H33ClF2N6O2S/c1-5-21-27(33)23(14-18-16-34-30(37-28(18)21)36-19-10-12-20(13-11-19)39(3)4)22-15-25(32)29(35-17(22)2)38-42(40,41)26-9-7-6-8-24(26)31/h6-9,14-16,19-20H,5,10-13H2,1-4H3,(H,35,38)(H,34,36,37)/t19-,20-. The smallest absolute Gasteiger partial charge is 0.264 e. The molecule has 1 aliphatic carbocycles. The first kappa shape index (κ1) is 30.1. The second-order valence-corrected chi connectivity index (χ2v) is 12.9. The van der Waals surface area contributed by atoms with Crippen LogP contribution in [-0.4, -0.2) is 54.4 Å². The minimum atomic E-state index is -4.21. The highest BCUT2D eigenvalue weighted by molar-refractivity contribution is 7.92. The number of aromatic nitrogens is 3. The van der Waals surface area contributed by atoms with E-state index in [0.717, 1.165) is 31.7 Å². The second-order valence-electron chi connectivity index (χ2n) is 10.8. The van der Waals surface area contributed by atoms with Crippen LogP contribution in [0.4, 0.5) is 20.5 Å². The molecule has 2 aromatic heterocycles. The molecular formula is C30H33ClF2N6O2S. The second kappa shape index (κ2) is 12.1. The molecule has 0 radical (unpaired) electrons. The van der Waals surface area contributed by atoms with Gasteiger partial charge in [-0.05, 0) is 77.4 Å². The molecule has 12 heteroatoms. The molecule has 0 amide bonds. The van der Waals surface area contributed by atoms with Crippen molar-refractivity contribution in [2.45, 2.75) is 62.9 Å². The van der Waals surface area contributed by atoms with Crippen molar-refractivity contribution >= 4 is 44.3 Å². The molecule has 0 spiro atoms. The lowest BCUT2D eigenvalue weighted by Gasteiger charge is -2.33. The molecule has 8 nitrogen and oxygen atoms in total. The van der Waals surface area contributed by atoms with Crippen molar-refractivity contribution in [1.82, 2.24) is 19.9 Å². The highest BCUT2D eigenvalue weighted by Crippen LogP contribution is 2.35. The van der Waals surface area contributed by atoms with Crippen molar-refractivity contribution in [2.75, 3.05) is 24.1 Å². The van der Waals surface area contributed by atoms with Crippen molar-refractivity contribution < 1.29 is 17.2 Å². The van der Waals surface area contributed by atoms with Crippen LogP contribution in [0.15, 0.2) is 47.5 Å². The number of sulfonamides is 1. The summed E-state index contributed by atoms with van der Waals surface area (Å²) in [4.78, 5) is 15.4. The number of benzene rings is 2. The first-order valence-corrected chi connectivity index (χ1v) is 15.7. The van der Waals surface area contributed by atoms with Crippen molar-refractivity contribution in [1.29, 1.82) is 0 Å². The summed E-state index contributed by atoms with van der Waals surface area (Å²) in [5.74, 6) is -1.54. The summed E-state index contributed by atoms with van der Waals surface area (Å²) in [5, 5.41) is 4.01. The van der Waals surface area contributed by atoms with Gasteiger partial charge in [0.25, 0.3) is 10.0 Å². The molecule has 2 aromatic carbocycles. The van der Waals surface area contributed by atoms with Crippen LogP contribution in [0.5, 0.6) is 0 Å². The third kappa shape index (κ3) is 6.04. The topological polar surface area (TPSA) is 100 Å². The number of hydrogen-bond acceptors (Lipinski definition) is 7. The minimum Gasteiger partial charge on any atom is -0.351 e. The van der Waals surface area contributed by atoms with Gasteiger partial charge < -0.3 is 10.2 Å². The van der Waals surface area contributed by atoms with Gasteiger partial charge in [-0.15, -0.1) is 0 Å². The Morgan fingerprint density at radius 1 is 1.05 bits per heavy atom. The molecule has 4 aromatic rings. The van der Waals surface area contributed by atoms with E-state index in [0.29, 0.717) is 34.9 Å². The average Bonchev–Trinajstić information content (AvgIpc) is 2.95. The molecule has 0 atom stereocenters. The quantitative estimate of drug-likeness (QED) is 0.231. The van der Waals surface area contributed by atoms with Gasteiger partial charge in [0.15, 0.2) is 11.6 Å². The molecule has 222 valence electrons. The normalized spacial score (nSPS) is 17.5. The van der Waals surface area contributed by atoms with Crippen molar-refractivity contribution in [3.8, 4) is 11.1 Å². The first-order valence-electron chi connectivity index (χ1n) is 13.8. The van der Waals surface area contributed by atoms with Crippen molar-refractivity contribution in [3.05, 3.63) is 70.5 Å². The van der Waals surface area contributed by atoms with Crippen LogP contribution in [0.25, 0.3) is 22.0 Å². The summed E-state index contributed by atoms with van der Waals surface area (Å²) in [5.41, 5.74) is 1.44. The van der Waals surface area contributed by atoms with Gasteiger partial charge >= 0.3 is 0 Å². The van der Waals surface area contributed by atoms with Crippen LogP contribution in [-0.2, 0) is 16.4 Å². The number of fused-ring (bicyclic) bond motifs is 1. The van der Waals surface area contributed by atoms with Crippen molar-refractivity contribution in [2.24, 2.45) is 0 Å². The van der Waals surface area contributed by atoms with Gasteiger partial charge in [0, 0.05) is 46.1 Å². The fourth-order valence-corrected chi connectivity index (χ4v) is 7.03. The Balaban J connectivity index is 1.45. The van der Waals surface area contributed by atoms with Crippen LogP contribution >= 0.6 is 11.6 Å². The van der Waals surface area contributed by atoms with E-state index < -0.39 is 27.5 Å². The molecule has 0 unspecified atom stereocenters. The van der Waals surface area contributed by atoms with Gasteiger partial charge in [-0.1, -0.05) is 30.7 Å². The lowest BCUT2D eigenvalue weighted by molar-refractivity contribution is 0.221. The van der Waals surface area contributed by atoms with E-state index in [2.05, 4.69) is 44.0 Å². The highest BCUT2D eigenvalue weighted by Gasteiger charge is 2.25. The largest absolute Gasteiger partial charge is 0.351 e. The molecule has 1 saturated carbocycles. The van der Waals surface area contributed by atoms with Gasteiger partial charge in [-0.25, -0.2) is 32.2 Å². The molecule has 2 heterocycles. The molecule has 1 fully saturated rings. The summed E-state index contributed by atoms with van der Waals surface area (Å²) in [6, 6.07) is 9.29. The van der Waals surface area contributed by atoms with E-state index >= 15 is 8.78 Å². The minimum absolute atomic E-state index is 0.0126. The lowest BCUT2D eigenvalue weighted by Crippen LogP contribution is -2.36. The van der Waals surface area contributed by atoms with Crippen LogP contribution in [0.1, 0.15) is 43.9 Å². The SMILES string of the molecule is CCc1c(F)c(-c2cc(F)c(NS(=O)(=O)c3ccccc3Cl)nc2C)cc2cnc(N[C@H]3CC[C@H](N(C)C)CC3)nc12. The van der Waals surface area contributed by atoms with E-state index in [9.17, 15) is 8.42 Å². The fraction of sp³-hybridized carbons (Fsp3) is 0.367. The van der Waals surface area contributed by atoms with Gasteiger partial charge in [0.1, 0.15) is 10.7 Å². The Hall–Kier alpha value is -3.41. The van der Waals surface area contributed by atoms with Gasteiger partial charge in [0.05, 0.1) is 10.5 Å². The zero-order valence-corrected chi connectivity index (χ0v) is 25.5. The van der Waals surface area contributed by atoms with Crippen molar-refractivity contribution in [3.63, 3.8) is 0 Å². The molecular weight excluding hydrogens is 582 g/mol. The molecule has 0 aliphatic heterocycles. The monoisotopic (exact) mass is 614 g/mol. The number of anilines is 2. The van der Waals surface area contributed by atoms with E-state index in [1.807, 2.05) is 6.92 Å². The molecule has 5 rings (SSSR count). The highest BCUT2D eigenvalue weighted by atomic mass is 35.5. The summed E-state index contributed by atoms with van der Waals surface area (Å²) >= 11 is 6.03. The Bertz CT molecular complexity index is 1740.